The van der Waals surface area contributed by atoms with Crippen LogP contribution >= 0.6 is 11.3 Å². The third-order valence-electron chi connectivity index (χ3n) is 4.02. The number of carbonyl (C=O) groups excluding carboxylic acids is 1. The molecule has 1 amide bonds. The molecule has 1 aliphatic heterocycles. The van der Waals surface area contributed by atoms with Gasteiger partial charge in [0.1, 0.15) is 12.4 Å². The molecule has 0 N–H and O–H groups in total. The average molecular weight is 316 g/mol. The van der Waals surface area contributed by atoms with Crippen LogP contribution in [0.3, 0.4) is 0 Å². The average Bonchev–Trinajstić information content (AvgIpc) is 3.06. The molecule has 1 atom stereocenters. The number of ether oxygens (including phenoxy) is 1. The molecule has 0 aliphatic carbocycles. The van der Waals surface area contributed by atoms with E-state index in [-0.39, 0.29) is 5.91 Å². The van der Waals surface area contributed by atoms with Gasteiger partial charge in [0.2, 0.25) is 0 Å². The first-order valence-corrected chi connectivity index (χ1v) is 8.59. The van der Waals surface area contributed by atoms with Gasteiger partial charge in [-0.1, -0.05) is 6.07 Å². The van der Waals surface area contributed by atoms with Crippen molar-refractivity contribution in [1.82, 2.24) is 9.88 Å². The smallest absolute Gasteiger partial charge is 0.254 e. The maximum absolute atomic E-state index is 12.7. The fraction of sp³-hybridized carbons (Fsp3) is 0.412. The van der Waals surface area contributed by atoms with Crippen LogP contribution in [0.25, 0.3) is 0 Å². The summed E-state index contributed by atoms with van der Waals surface area (Å²) >= 11 is 1.55. The highest BCUT2D eigenvalue weighted by atomic mass is 32.1. The monoisotopic (exact) mass is 316 g/mol. The van der Waals surface area contributed by atoms with Gasteiger partial charge in [0, 0.05) is 23.5 Å². The SMILES string of the molecule is CC1CCCCN1C(=O)c1cccc(OCc2cscn2)c1. The van der Waals surface area contributed by atoms with E-state index >= 15 is 0 Å². The zero-order valence-corrected chi connectivity index (χ0v) is 13.5. The number of carbonyl (C=O) groups is 1. The number of thiazole rings is 1. The number of piperidine rings is 1. The first-order chi connectivity index (χ1) is 10.7. The molecular weight excluding hydrogens is 296 g/mol. The van der Waals surface area contributed by atoms with Gasteiger partial charge in [-0.05, 0) is 44.4 Å². The number of benzene rings is 1. The van der Waals surface area contributed by atoms with Crippen molar-refractivity contribution in [1.29, 1.82) is 0 Å². The molecule has 0 saturated carbocycles. The molecule has 0 spiro atoms. The van der Waals surface area contributed by atoms with Gasteiger partial charge in [-0.2, -0.15) is 0 Å². The summed E-state index contributed by atoms with van der Waals surface area (Å²) < 4.78 is 5.73. The van der Waals surface area contributed by atoms with Crippen molar-refractivity contribution in [2.24, 2.45) is 0 Å². The minimum Gasteiger partial charge on any atom is -0.487 e. The van der Waals surface area contributed by atoms with Crippen LogP contribution in [0.5, 0.6) is 5.75 Å². The third-order valence-corrected chi connectivity index (χ3v) is 4.65. The van der Waals surface area contributed by atoms with Crippen molar-refractivity contribution in [3.8, 4) is 5.75 Å². The second-order valence-electron chi connectivity index (χ2n) is 5.64. The fourth-order valence-electron chi connectivity index (χ4n) is 2.75. The van der Waals surface area contributed by atoms with E-state index < -0.39 is 0 Å². The van der Waals surface area contributed by atoms with Crippen molar-refractivity contribution in [2.75, 3.05) is 6.54 Å². The Bertz CT molecular complexity index is 627. The molecule has 1 aromatic heterocycles. The van der Waals surface area contributed by atoms with Crippen LogP contribution in [0.4, 0.5) is 0 Å². The molecule has 2 heterocycles. The van der Waals surface area contributed by atoms with Crippen molar-refractivity contribution in [2.45, 2.75) is 38.8 Å². The normalized spacial score (nSPS) is 18.2. The van der Waals surface area contributed by atoms with Crippen molar-refractivity contribution in [3.63, 3.8) is 0 Å². The van der Waals surface area contributed by atoms with E-state index in [1.54, 1.807) is 16.8 Å². The molecule has 2 aromatic rings. The Morgan fingerprint density at radius 3 is 3.14 bits per heavy atom. The number of hydrogen-bond donors (Lipinski definition) is 0. The van der Waals surface area contributed by atoms with Gasteiger partial charge in [0.25, 0.3) is 5.91 Å². The largest absolute Gasteiger partial charge is 0.487 e. The van der Waals surface area contributed by atoms with Gasteiger partial charge in [0.05, 0.1) is 11.2 Å². The first-order valence-electron chi connectivity index (χ1n) is 7.65. The summed E-state index contributed by atoms with van der Waals surface area (Å²) in [6.07, 6.45) is 3.39. The number of rotatable bonds is 4. The summed E-state index contributed by atoms with van der Waals surface area (Å²) in [7, 11) is 0. The van der Waals surface area contributed by atoms with E-state index in [0.717, 1.165) is 25.1 Å². The Kier molecular flexibility index (Phi) is 4.73. The summed E-state index contributed by atoms with van der Waals surface area (Å²) in [5.74, 6) is 0.815. The van der Waals surface area contributed by atoms with Gasteiger partial charge in [-0.25, -0.2) is 4.98 Å². The Morgan fingerprint density at radius 2 is 2.36 bits per heavy atom. The minimum absolute atomic E-state index is 0.103. The summed E-state index contributed by atoms with van der Waals surface area (Å²) in [6, 6.07) is 7.76. The number of likely N-dealkylation sites (tertiary alicyclic amines) is 1. The number of aromatic nitrogens is 1. The second kappa shape index (κ2) is 6.92. The van der Waals surface area contributed by atoms with Gasteiger partial charge >= 0.3 is 0 Å². The van der Waals surface area contributed by atoms with Crippen molar-refractivity contribution in [3.05, 3.63) is 46.4 Å². The third kappa shape index (κ3) is 3.47. The lowest BCUT2D eigenvalue weighted by Gasteiger charge is -2.33. The minimum atomic E-state index is 0.103. The molecule has 116 valence electrons. The van der Waals surface area contributed by atoms with Crippen LogP contribution in [0.15, 0.2) is 35.2 Å². The predicted octanol–water partition coefficient (Wildman–Crippen LogP) is 3.74. The highest BCUT2D eigenvalue weighted by Crippen LogP contribution is 2.21. The van der Waals surface area contributed by atoms with Gasteiger partial charge < -0.3 is 9.64 Å². The Balaban J connectivity index is 1.68. The zero-order chi connectivity index (χ0) is 15.4. The highest BCUT2D eigenvalue weighted by molar-refractivity contribution is 7.07. The molecule has 1 aromatic carbocycles. The van der Waals surface area contributed by atoms with E-state index in [1.165, 1.54) is 6.42 Å². The number of nitrogens with zero attached hydrogens (tertiary/aromatic N) is 2. The van der Waals surface area contributed by atoms with Crippen LogP contribution in [-0.4, -0.2) is 28.4 Å². The Labute approximate surface area is 134 Å². The molecule has 4 nitrogen and oxygen atoms in total. The number of amides is 1. The van der Waals surface area contributed by atoms with Crippen LogP contribution in [0.1, 0.15) is 42.2 Å². The van der Waals surface area contributed by atoms with Gasteiger partial charge in [-0.3, -0.25) is 4.79 Å². The van der Waals surface area contributed by atoms with Crippen molar-refractivity contribution >= 4 is 17.2 Å². The van der Waals surface area contributed by atoms with Crippen LogP contribution in [0, 0.1) is 0 Å². The molecule has 3 rings (SSSR count). The van der Waals surface area contributed by atoms with Gasteiger partial charge in [-0.15, -0.1) is 11.3 Å². The molecule has 22 heavy (non-hydrogen) atoms. The van der Waals surface area contributed by atoms with Gasteiger partial charge in [0.15, 0.2) is 0 Å². The van der Waals surface area contributed by atoms with E-state index in [9.17, 15) is 4.79 Å². The Morgan fingerprint density at radius 1 is 1.45 bits per heavy atom. The summed E-state index contributed by atoms with van der Waals surface area (Å²) in [4.78, 5) is 18.8. The van der Waals surface area contributed by atoms with E-state index in [1.807, 2.05) is 34.5 Å². The summed E-state index contributed by atoms with van der Waals surface area (Å²) in [6.45, 7) is 3.41. The maximum Gasteiger partial charge on any atom is 0.254 e. The van der Waals surface area contributed by atoms with Crippen LogP contribution in [0.2, 0.25) is 0 Å². The molecule has 0 bridgehead atoms. The van der Waals surface area contributed by atoms with Crippen LogP contribution < -0.4 is 4.74 Å². The van der Waals surface area contributed by atoms with E-state index in [0.29, 0.717) is 24.0 Å². The predicted molar refractivity (Wildman–Crippen MR) is 87.2 cm³/mol. The molecule has 1 unspecified atom stereocenters. The topological polar surface area (TPSA) is 42.4 Å². The highest BCUT2D eigenvalue weighted by Gasteiger charge is 2.24. The fourth-order valence-corrected chi connectivity index (χ4v) is 3.29. The summed E-state index contributed by atoms with van der Waals surface area (Å²) in [5, 5.41) is 1.96. The summed E-state index contributed by atoms with van der Waals surface area (Å²) in [5.41, 5.74) is 3.40. The lowest BCUT2D eigenvalue weighted by atomic mass is 10.0. The molecule has 5 heteroatoms. The number of hydrogen-bond acceptors (Lipinski definition) is 4. The molecule has 1 saturated heterocycles. The lowest BCUT2D eigenvalue weighted by Crippen LogP contribution is -2.42. The first kappa shape index (κ1) is 15.0. The standard InChI is InChI=1S/C17H20N2O2S/c1-13-5-2-3-8-19(13)17(20)14-6-4-7-16(9-14)21-10-15-11-22-12-18-15/h4,6-7,9,11-13H,2-3,5,8,10H2,1H3. The molecule has 0 radical (unpaired) electrons. The van der Waals surface area contributed by atoms with Crippen LogP contribution in [-0.2, 0) is 6.61 Å². The zero-order valence-electron chi connectivity index (χ0n) is 12.7. The maximum atomic E-state index is 12.7. The van der Waals surface area contributed by atoms with E-state index in [2.05, 4.69) is 11.9 Å². The molecular formula is C17H20N2O2S. The van der Waals surface area contributed by atoms with E-state index in [4.69, 9.17) is 4.74 Å². The second-order valence-corrected chi connectivity index (χ2v) is 6.36. The van der Waals surface area contributed by atoms with Crippen molar-refractivity contribution < 1.29 is 9.53 Å². The Hall–Kier alpha value is -1.88. The lowest BCUT2D eigenvalue weighted by molar-refractivity contribution is 0.0635. The molecule has 1 fully saturated rings. The quantitative estimate of drug-likeness (QED) is 0.863. The molecule has 1 aliphatic rings.